The second-order valence-electron chi connectivity index (χ2n) is 8.63. The first kappa shape index (κ1) is 20.1. The number of fused-ring (bicyclic) bond motifs is 2. The van der Waals surface area contributed by atoms with Crippen molar-refractivity contribution in [2.24, 2.45) is 16.7 Å². The molecule has 2 bridgehead atoms. The summed E-state index contributed by atoms with van der Waals surface area (Å²) in [5, 5.41) is 2.85. The number of carbonyl (C=O) groups is 3. The highest BCUT2D eigenvalue weighted by Gasteiger charge is 2.64. The maximum atomic E-state index is 13.2. The van der Waals surface area contributed by atoms with Gasteiger partial charge in [0, 0.05) is 20.7 Å². The minimum Gasteiger partial charge on any atom is -0.322 e. The van der Waals surface area contributed by atoms with Crippen molar-refractivity contribution >= 4 is 51.7 Å². The second-order valence-corrected chi connectivity index (χ2v) is 9.88. The average molecular weight is 502 g/mol. The number of hydrogen-bond acceptors (Lipinski definition) is 3. The number of piperidine rings is 1. The molecule has 2 fully saturated rings. The Labute approximate surface area is 184 Å². The zero-order chi connectivity index (χ0) is 21.0. The van der Waals surface area contributed by atoms with Gasteiger partial charge in [0.25, 0.3) is 5.91 Å². The first-order valence-electron chi connectivity index (χ1n) is 9.70. The predicted molar refractivity (Wildman–Crippen MR) is 121 cm³/mol. The zero-order valence-corrected chi connectivity index (χ0v) is 18.8. The first-order valence-corrected chi connectivity index (χ1v) is 10.8. The van der Waals surface area contributed by atoms with E-state index in [0.717, 1.165) is 16.4 Å². The van der Waals surface area contributed by atoms with Crippen LogP contribution in [0.1, 0.15) is 44.0 Å². The molecule has 1 saturated heterocycles. The Kier molecular flexibility index (Phi) is 4.80. The van der Waals surface area contributed by atoms with Crippen LogP contribution in [0.2, 0.25) is 0 Å². The summed E-state index contributed by atoms with van der Waals surface area (Å²) in [6.07, 6.45) is 1.46. The third-order valence-electron chi connectivity index (χ3n) is 6.91. The zero-order valence-electron chi connectivity index (χ0n) is 16.7. The van der Waals surface area contributed by atoms with E-state index in [1.165, 1.54) is 4.90 Å². The SMILES string of the molecule is CC1(C)[C@H]2CC[C@]1(C)C(=O)N(c1ccc(C(=O)Nc3ccc(I)cc3)cc1)C2=O. The van der Waals surface area contributed by atoms with Crippen LogP contribution in [0.4, 0.5) is 11.4 Å². The van der Waals surface area contributed by atoms with Crippen molar-refractivity contribution in [3.8, 4) is 0 Å². The van der Waals surface area contributed by atoms with Crippen molar-refractivity contribution in [1.29, 1.82) is 0 Å². The van der Waals surface area contributed by atoms with Crippen molar-refractivity contribution in [1.82, 2.24) is 0 Å². The Hall–Kier alpha value is -2.22. The molecule has 1 N–H and O–H groups in total. The standard InChI is InChI=1S/C23H23IN2O3/c1-22(2)18-12-13-23(22,3)21(29)26(20(18)28)17-10-4-14(5-11-17)19(27)25-16-8-6-15(24)7-9-16/h4-11,18H,12-13H2,1-3H3,(H,25,27)/t18-,23+/m0/s1. The maximum absolute atomic E-state index is 13.2. The molecule has 1 heterocycles. The summed E-state index contributed by atoms with van der Waals surface area (Å²) in [7, 11) is 0. The number of halogens is 1. The fraction of sp³-hybridized carbons (Fsp3) is 0.348. The summed E-state index contributed by atoms with van der Waals surface area (Å²) < 4.78 is 1.09. The predicted octanol–water partition coefficient (Wildman–Crippen LogP) is 4.86. The Balaban J connectivity index is 1.56. The van der Waals surface area contributed by atoms with Gasteiger partial charge in [-0.25, -0.2) is 4.90 Å². The van der Waals surface area contributed by atoms with Gasteiger partial charge in [-0.1, -0.05) is 20.8 Å². The van der Waals surface area contributed by atoms with E-state index in [0.29, 0.717) is 16.9 Å². The molecule has 0 unspecified atom stereocenters. The van der Waals surface area contributed by atoms with Gasteiger partial charge < -0.3 is 5.32 Å². The molecule has 2 aromatic carbocycles. The highest BCUT2D eigenvalue weighted by molar-refractivity contribution is 14.1. The van der Waals surface area contributed by atoms with Crippen LogP contribution in [0.5, 0.6) is 0 Å². The lowest BCUT2D eigenvalue weighted by atomic mass is 9.62. The molecule has 4 rings (SSSR count). The molecule has 0 radical (unpaired) electrons. The maximum Gasteiger partial charge on any atom is 0.255 e. The van der Waals surface area contributed by atoms with Crippen LogP contribution in [0.3, 0.4) is 0 Å². The molecule has 3 amide bonds. The molecule has 1 saturated carbocycles. The highest BCUT2D eigenvalue weighted by atomic mass is 127. The Bertz CT molecular complexity index is 998. The molecule has 0 aromatic heterocycles. The quantitative estimate of drug-likeness (QED) is 0.482. The summed E-state index contributed by atoms with van der Waals surface area (Å²) in [6.45, 7) is 6.02. The molecule has 5 nitrogen and oxygen atoms in total. The molecule has 0 spiro atoms. The van der Waals surface area contributed by atoms with Gasteiger partial charge in [-0.2, -0.15) is 0 Å². The van der Waals surface area contributed by atoms with E-state index in [-0.39, 0.29) is 29.1 Å². The summed E-state index contributed by atoms with van der Waals surface area (Å²) >= 11 is 2.21. The van der Waals surface area contributed by atoms with E-state index in [2.05, 4.69) is 27.9 Å². The number of rotatable bonds is 3. The molecule has 1 aliphatic heterocycles. The summed E-state index contributed by atoms with van der Waals surface area (Å²) in [5.41, 5.74) is 0.822. The van der Waals surface area contributed by atoms with Crippen LogP contribution in [0, 0.1) is 20.3 Å². The van der Waals surface area contributed by atoms with Gasteiger partial charge in [0.1, 0.15) is 0 Å². The van der Waals surface area contributed by atoms with E-state index in [1.807, 2.05) is 45.0 Å². The molecule has 2 atom stereocenters. The molecule has 2 aromatic rings. The smallest absolute Gasteiger partial charge is 0.255 e. The normalized spacial score (nSPS) is 25.2. The molecule has 6 heteroatoms. The Morgan fingerprint density at radius 2 is 1.66 bits per heavy atom. The third-order valence-corrected chi connectivity index (χ3v) is 7.63. The van der Waals surface area contributed by atoms with E-state index in [4.69, 9.17) is 0 Å². The fourth-order valence-electron chi connectivity index (χ4n) is 4.56. The monoisotopic (exact) mass is 502 g/mol. The van der Waals surface area contributed by atoms with Gasteiger partial charge >= 0.3 is 0 Å². The molecule has 150 valence electrons. The highest BCUT2D eigenvalue weighted by Crippen LogP contribution is 2.60. The molecule has 2 aliphatic rings. The first-order chi connectivity index (χ1) is 13.6. The fourth-order valence-corrected chi connectivity index (χ4v) is 4.92. The van der Waals surface area contributed by atoms with Gasteiger partial charge in [-0.15, -0.1) is 0 Å². The lowest BCUT2D eigenvalue weighted by Crippen LogP contribution is -2.59. The minimum absolute atomic E-state index is 0.133. The van der Waals surface area contributed by atoms with Crippen molar-refractivity contribution in [3.63, 3.8) is 0 Å². The van der Waals surface area contributed by atoms with E-state index in [1.54, 1.807) is 24.3 Å². The lowest BCUT2D eigenvalue weighted by Gasteiger charge is -2.47. The molecule has 29 heavy (non-hydrogen) atoms. The molecular weight excluding hydrogens is 479 g/mol. The van der Waals surface area contributed by atoms with Crippen LogP contribution in [0.25, 0.3) is 0 Å². The lowest BCUT2D eigenvalue weighted by molar-refractivity contribution is -0.146. The van der Waals surface area contributed by atoms with E-state index < -0.39 is 5.41 Å². The second kappa shape index (κ2) is 6.93. The number of anilines is 2. The number of imide groups is 1. The van der Waals surface area contributed by atoms with Crippen LogP contribution >= 0.6 is 22.6 Å². The van der Waals surface area contributed by atoms with E-state index in [9.17, 15) is 14.4 Å². The van der Waals surface area contributed by atoms with Crippen molar-refractivity contribution in [3.05, 3.63) is 57.7 Å². The number of amides is 3. The number of nitrogens with zero attached hydrogens (tertiary/aromatic N) is 1. The topological polar surface area (TPSA) is 66.5 Å². The summed E-state index contributed by atoms with van der Waals surface area (Å²) in [4.78, 5) is 40.1. The summed E-state index contributed by atoms with van der Waals surface area (Å²) in [6, 6.07) is 14.2. The van der Waals surface area contributed by atoms with Crippen LogP contribution < -0.4 is 10.2 Å². The third kappa shape index (κ3) is 3.08. The van der Waals surface area contributed by atoms with Crippen LogP contribution in [0.15, 0.2) is 48.5 Å². The van der Waals surface area contributed by atoms with Gasteiger partial charge in [0.05, 0.1) is 11.1 Å². The number of carbonyl (C=O) groups excluding carboxylic acids is 3. The van der Waals surface area contributed by atoms with Gasteiger partial charge in [-0.3, -0.25) is 14.4 Å². The Morgan fingerprint density at radius 3 is 2.28 bits per heavy atom. The Morgan fingerprint density at radius 1 is 1.03 bits per heavy atom. The average Bonchev–Trinajstić information content (AvgIpc) is 2.87. The number of benzene rings is 2. The molecular formula is C23H23IN2O3. The van der Waals surface area contributed by atoms with Crippen molar-refractivity contribution < 1.29 is 14.4 Å². The van der Waals surface area contributed by atoms with Gasteiger partial charge in [0.15, 0.2) is 0 Å². The largest absolute Gasteiger partial charge is 0.322 e. The van der Waals surface area contributed by atoms with Crippen LogP contribution in [-0.4, -0.2) is 17.7 Å². The summed E-state index contributed by atoms with van der Waals surface area (Å²) in [5.74, 6) is -0.667. The number of nitrogens with one attached hydrogen (secondary N) is 1. The van der Waals surface area contributed by atoms with Gasteiger partial charge in [0.2, 0.25) is 11.8 Å². The van der Waals surface area contributed by atoms with Crippen molar-refractivity contribution in [2.45, 2.75) is 33.6 Å². The minimum atomic E-state index is -0.549. The van der Waals surface area contributed by atoms with Crippen LogP contribution in [-0.2, 0) is 9.59 Å². The van der Waals surface area contributed by atoms with Crippen molar-refractivity contribution in [2.75, 3.05) is 10.2 Å². The number of hydrogen-bond donors (Lipinski definition) is 1. The molecule has 1 aliphatic carbocycles. The van der Waals surface area contributed by atoms with E-state index >= 15 is 0 Å². The van der Waals surface area contributed by atoms with Gasteiger partial charge in [-0.05, 0) is 89.4 Å².